The number of esters is 1. The fourth-order valence-electron chi connectivity index (χ4n) is 1.25. The Kier molecular flexibility index (Phi) is 4.94. The van der Waals surface area contributed by atoms with Gasteiger partial charge in [0.05, 0.1) is 18.2 Å². The van der Waals surface area contributed by atoms with Crippen molar-refractivity contribution in [1.82, 2.24) is 0 Å². The molecule has 0 amide bonds. The topological polar surface area (TPSA) is 52.6 Å². The molecule has 0 fully saturated rings. The fraction of sp³-hybridized carbons (Fsp3) is 0.231. The van der Waals surface area contributed by atoms with Crippen LogP contribution in [-0.2, 0) is 4.74 Å². The van der Waals surface area contributed by atoms with E-state index >= 15 is 0 Å². The quantitative estimate of drug-likeness (QED) is 0.445. The van der Waals surface area contributed by atoms with Crippen LogP contribution < -0.4 is 4.74 Å². The number of carbonyl (C=O) groups excluding carboxylic acids is 2. The average molecular weight is 234 g/mol. The molecule has 0 unspecified atom stereocenters. The summed E-state index contributed by atoms with van der Waals surface area (Å²) in [7, 11) is 1.29. The van der Waals surface area contributed by atoms with Gasteiger partial charge in [-0.2, -0.15) is 0 Å². The second-order valence-corrected chi connectivity index (χ2v) is 3.24. The SMILES string of the molecule is CC=CCOc1ccc(C(=O)OC)cc1C=O. The summed E-state index contributed by atoms with van der Waals surface area (Å²) in [5, 5.41) is 0. The van der Waals surface area contributed by atoms with Gasteiger partial charge in [-0.15, -0.1) is 0 Å². The second kappa shape index (κ2) is 6.48. The molecule has 0 aliphatic rings. The van der Waals surface area contributed by atoms with E-state index in [2.05, 4.69) is 4.74 Å². The first kappa shape index (κ1) is 13.0. The minimum absolute atomic E-state index is 0.327. The highest BCUT2D eigenvalue weighted by molar-refractivity contribution is 5.92. The summed E-state index contributed by atoms with van der Waals surface area (Å²) in [6.07, 6.45) is 4.32. The Hall–Kier alpha value is -2.10. The Bertz CT molecular complexity index is 435. The van der Waals surface area contributed by atoms with Gasteiger partial charge in [0.15, 0.2) is 6.29 Å². The van der Waals surface area contributed by atoms with E-state index in [1.807, 2.05) is 19.1 Å². The third-order valence-corrected chi connectivity index (χ3v) is 2.13. The van der Waals surface area contributed by atoms with Gasteiger partial charge < -0.3 is 9.47 Å². The molecule has 0 bridgehead atoms. The molecule has 4 heteroatoms. The molecule has 0 radical (unpaired) electrons. The van der Waals surface area contributed by atoms with E-state index in [9.17, 15) is 9.59 Å². The number of ether oxygens (including phenoxy) is 2. The zero-order valence-corrected chi connectivity index (χ0v) is 9.80. The zero-order valence-electron chi connectivity index (χ0n) is 9.80. The Morgan fingerprint density at radius 1 is 1.41 bits per heavy atom. The summed E-state index contributed by atoms with van der Waals surface area (Å²) in [6.45, 7) is 2.26. The molecule has 0 aromatic heterocycles. The van der Waals surface area contributed by atoms with Crippen LogP contribution in [0.3, 0.4) is 0 Å². The molecular weight excluding hydrogens is 220 g/mol. The number of hydrogen-bond acceptors (Lipinski definition) is 4. The first-order chi connectivity index (χ1) is 8.22. The number of carbonyl (C=O) groups is 2. The van der Waals surface area contributed by atoms with Crippen molar-refractivity contribution >= 4 is 12.3 Å². The monoisotopic (exact) mass is 234 g/mol. The summed E-state index contributed by atoms with van der Waals surface area (Å²) in [5.74, 6) is -0.0288. The first-order valence-corrected chi connectivity index (χ1v) is 5.14. The lowest BCUT2D eigenvalue weighted by molar-refractivity contribution is 0.0600. The van der Waals surface area contributed by atoms with Gasteiger partial charge in [-0.3, -0.25) is 4.79 Å². The number of allylic oxidation sites excluding steroid dienone is 1. The molecule has 90 valence electrons. The highest BCUT2D eigenvalue weighted by Gasteiger charge is 2.09. The van der Waals surface area contributed by atoms with Crippen LogP contribution in [0.15, 0.2) is 30.4 Å². The second-order valence-electron chi connectivity index (χ2n) is 3.24. The van der Waals surface area contributed by atoms with Gasteiger partial charge in [-0.05, 0) is 25.1 Å². The van der Waals surface area contributed by atoms with Crippen LogP contribution in [0.4, 0.5) is 0 Å². The number of hydrogen-bond donors (Lipinski definition) is 0. The molecule has 0 N–H and O–H groups in total. The predicted molar refractivity (Wildman–Crippen MR) is 63.5 cm³/mol. The van der Waals surface area contributed by atoms with Crippen LogP contribution in [0.2, 0.25) is 0 Å². The summed E-state index contributed by atoms with van der Waals surface area (Å²) in [4.78, 5) is 22.1. The third-order valence-electron chi connectivity index (χ3n) is 2.13. The van der Waals surface area contributed by atoms with Crippen LogP contribution in [0.25, 0.3) is 0 Å². The molecule has 1 aromatic carbocycles. The van der Waals surface area contributed by atoms with Gasteiger partial charge in [0.2, 0.25) is 0 Å². The Morgan fingerprint density at radius 2 is 2.18 bits per heavy atom. The first-order valence-electron chi connectivity index (χ1n) is 5.14. The van der Waals surface area contributed by atoms with Gasteiger partial charge in [-0.25, -0.2) is 4.79 Å². The zero-order chi connectivity index (χ0) is 12.7. The lowest BCUT2D eigenvalue weighted by Gasteiger charge is -2.07. The van der Waals surface area contributed by atoms with E-state index < -0.39 is 5.97 Å². The van der Waals surface area contributed by atoms with Crippen molar-refractivity contribution in [2.75, 3.05) is 13.7 Å². The molecular formula is C13H14O4. The van der Waals surface area contributed by atoms with Crippen molar-refractivity contribution in [2.45, 2.75) is 6.92 Å². The number of benzene rings is 1. The average Bonchev–Trinajstić information content (AvgIpc) is 2.38. The minimum Gasteiger partial charge on any atom is -0.489 e. The lowest BCUT2D eigenvalue weighted by Crippen LogP contribution is -2.04. The number of rotatable bonds is 5. The van der Waals surface area contributed by atoms with Crippen molar-refractivity contribution < 1.29 is 19.1 Å². The van der Waals surface area contributed by atoms with Gasteiger partial charge in [0.1, 0.15) is 12.4 Å². The van der Waals surface area contributed by atoms with E-state index in [1.165, 1.54) is 13.2 Å². The van der Waals surface area contributed by atoms with Crippen molar-refractivity contribution in [3.8, 4) is 5.75 Å². The maximum Gasteiger partial charge on any atom is 0.337 e. The standard InChI is InChI=1S/C13H14O4/c1-3-4-7-17-12-6-5-10(13(15)16-2)8-11(12)9-14/h3-6,8-9H,7H2,1-2H3. The molecule has 0 saturated heterocycles. The minimum atomic E-state index is -0.479. The summed E-state index contributed by atoms with van der Waals surface area (Å²) < 4.78 is 9.93. The van der Waals surface area contributed by atoms with Crippen LogP contribution in [0.1, 0.15) is 27.6 Å². The van der Waals surface area contributed by atoms with Crippen LogP contribution in [0, 0.1) is 0 Å². The maximum absolute atomic E-state index is 11.3. The molecule has 1 rings (SSSR count). The number of aldehydes is 1. The molecule has 0 aliphatic heterocycles. The predicted octanol–water partition coefficient (Wildman–Crippen LogP) is 2.24. The van der Waals surface area contributed by atoms with Crippen molar-refractivity contribution in [3.05, 3.63) is 41.5 Å². The molecule has 0 atom stereocenters. The smallest absolute Gasteiger partial charge is 0.337 e. The fourth-order valence-corrected chi connectivity index (χ4v) is 1.25. The van der Waals surface area contributed by atoms with E-state index in [4.69, 9.17) is 4.74 Å². The number of methoxy groups -OCH3 is 1. The van der Waals surface area contributed by atoms with E-state index in [-0.39, 0.29) is 0 Å². The molecule has 0 aliphatic carbocycles. The Balaban J connectivity index is 2.93. The normalized spacial score (nSPS) is 10.2. The highest BCUT2D eigenvalue weighted by Crippen LogP contribution is 2.19. The van der Waals surface area contributed by atoms with Gasteiger partial charge in [0.25, 0.3) is 0 Å². The molecule has 1 aromatic rings. The van der Waals surface area contributed by atoms with Crippen molar-refractivity contribution in [1.29, 1.82) is 0 Å². The molecule has 4 nitrogen and oxygen atoms in total. The van der Waals surface area contributed by atoms with E-state index in [0.29, 0.717) is 29.8 Å². The molecule has 0 spiro atoms. The Morgan fingerprint density at radius 3 is 2.76 bits per heavy atom. The molecule has 0 saturated carbocycles. The van der Waals surface area contributed by atoms with Gasteiger partial charge in [0, 0.05) is 0 Å². The summed E-state index contributed by atoms with van der Waals surface area (Å²) in [6, 6.07) is 4.59. The lowest BCUT2D eigenvalue weighted by atomic mass is 10.1. The highest BCUT2D eigenvalue weighted by atomic mass is 16.5. The Labute approximate surface area is 99.8 Å². The van der Waals surface area contributed by atoms with Crippen LogP contribution >= 0.6 is 0 Å². The van der Waals surface area contributed by atoms with Crippen molar-refractivity contribution in [3.63, 3.8) is 0 Å². The summed E-state index contributed by atoms with van der Waals surface area (Å²) >= 11 is 0. The third kappa shape index (κ3) is 3.45. The van der Waals surface area contributed by atoms with E-state index in [1.54, 1.807) is 12.1 Å². The molecule has 0 heterocycles. The van der Waals surface area contributed by atoms with Gasteiger partial charge >= 0.3 is 5.97 Å². The largest absolute Gasteiger partial charge is 0.489 e. The van der Waals surface area contributed by atoms with Crippen LogP contribution in [0.5, 0.6) is 5.75 Å². The van der Waals surface area contributed by atoms with Crippen molar-refractivity contribution in [2.24, 2.45) is 0 Å². The summed E-state index contributed by atoms with van der Waals surface area (Å²) in [5.41, 5.74) is 0.658. The van der Waals surface area contributed by atoms with Crippen LogP contribution in [-0.4, -0.2) is 26.0 Å². The van der Waals surface area contributed by atoms with E-state index in [0.717, 1.165) is 0 Å². The molecule has 17 heavy (non-hydrogen) atoms. The maximum atomic E-state index is 11.3. The van der Waals surface area contributed by atoms with Gasteiger partial charge in [-0.1, -0.05) is 12.2 Å².